The van der Waals surface area contributed by atoms with E-state index in [1.54, 1.807) is 17.5 Å². The molecule has 150 valence electrons. The molecular weight excluding hydrogens is 404 g/mol. The lowest BCUT2D eigenvalue weighted by Crippen LogP contribution is -2.51. The lowest BCUT2D eigenvalue weighted by atomic mass is 9.96. The topological polar surface area (TPSA) is 49.3 Å². The molecule has 7 heteroatoms. The first-order chi connectivity index (χ1) is 14.2. The molecule has 1 aromatic carbocycles. The number of hydrogen-bond acceptors (Lipinski definition) is 5. The SMILES string of the molecule is O=C1[C@@H](CCCc2cccc3ncsc23)C[C@H]2CN(c3ccnc(Cl)c3)CCN12. The third-order valence-electron chi connectivity index (χ3n) is 6.18. The molecule has 0 radical (unpaired) electrons. The van der Waals surface area contributed by atoms with E-state index in [-0.39, 0.29) is 5.92 Å². The first kappa shape index (κ1) is 18.8. The van der Waals surface area contributed by atoms with E-state index < -0.39 is 0 Å². The Morgan fingerprint density at radius 3 is 3.03 bits per heavy atom. The predicted octanol–water partition coefficient (Wildman–Crippen LogP) is 4.40. The van der Waals surface area contributed by atoms with Crippen molar-refractivity contribution in [3.8, 4) is 0 Å². The van der Waals surface area contributed by atoms with Gasteiger partial charge in [-0.1, -0.05) is 23.7 Å². The van der Waals surface area contributed by atoms with E-state index in [1.165, 1.54) is 10.3 Å². The molecule has 4 heterocycles. The van der Waals surface area contributed by atoms with Crippen LogP contribution in [0.25, 0.3) is 10.2 Å². The molecule has 5 rings (SSSR count). The largest absolute Gasteiger partial charge is 0.368 e. The van der Waals surface area contributed by atoms with Crippen LogP contribution in [0.3, 0.4) is 0 Å². The van der Waals surface area contributed by atoms with Gasteiger partial charge in [0.15, 0.2) is 0 Å². The number of halogens is 1. The van der Waals surface area contributed by atoms with Crippen molar-refractivity contribution in [2.75, 3.05) is 24.5 Å². The van der Waals surface area contributed by atoms with Crippen molar-refractivity contribution in [3.63, 3.8) is 0 Å². The Kier molecular flexibility index (Phi) is 5.14. The van der Waals surface area contributed by atoms with Crippen LogP contribution < -0.4 is 4.90 Å². The molecule has 0 saturated carbocycles. The van der Waals surface area contributed by atoms with Gasteiger partial charge in [-0.2, -0.15) is 0 Å². The number of thiazole rings is 1. The second-order valence-corrected chi connectivity index (χ2v) is 9.15. The second-order valence-electron chi connectivity index (χ2n) is 7.91. The van der Waals surface area contributed by atoms with Crippen molar-refractivity contribution in [1.82, 2.24) is 14.9 Å². The number of aromatic nitrogens is 2. The number of pyridine rings is 1. The summed E-state index contributed by atoms with van der Waals surface area (Å²) in [6.07, 6.45) is 5.71. The standard InChI is InChI=1S/C22H23ClN4OS/c23-20-12-17(7-8-24-20)26-9-10-27-18(13-26)11-16(22(27)28)5-1-3-15-4-2-6-19-21(15)29-14-25-19/h2,4,6-8,12,14,16,18H,1,3,5,9-11,13H2/t16-,18-/m0/s1. The minimum Gasteiger partial charge on any atom is -0.368 e. The number of nitrogens with zero attached hydrogens (tertiary/aromatic N) is 4. The number of amides is 1. The molecule has 2 aliphatic rings. The Hall–Kier alpha value is -2.18. The number of carbonyl (C=O) groups is 1. The van der Waals surface area contributed by atoms with Gasteiger partial charge in [0.2, 0.25) is 5.91 Å². The predicted molar refractivity (Wildman–Crippen MR) is 118 cm³/mol. The van der Waals surface area contributed by atoms with Crippen LogP contribution in [-0.4, -0.2) is 46.5 Å². The zero-order chi connectivity index (χ0) is 19.8. The summed E-state index contributed by atoms with van der Waals surface area (Å²) in [6.45, 7) is 2.52. The van der Waals surface area contributed by atoms with Crippen LogP contribution in [0.2, 0.25) is 5.15 Å². The lowest BCUT2D eigenvalue weighted by Gasteiger charge is -2.38. The van der Waals surface area contributed by atoms with Gasteiger partial charge in [-0.25, -0.2) is 9.97 Å². The maximum atomic E-state index is 12.9. The number of hydrogen-bond donors (Lipinski definition) is 0. The van der Waals surface area contributed by atoms with Gasteiger partial charge in [0.25, 0.3) is 0 Å². The summed E-state index contributed by atoms with van der Waals surface area (Å²) in [7, 11) is 0. The van der Waals surface area contributed by atoms with Crippen LogP contribution in [0.15, 0.2) is 42.0 Å². The second kappa shape index (κ2) is 7.92. The van der Waals surface area contributed by atoms with Gasteiger partial charge in [0.1, 0.15) is 5.15 Å². The van der Waals surface area contributed by atoms with E-state index in [2.05, 4.69) is 38.0 Å². The van der Waals surface area contributed by atoms with Crippen molar-refractivity contribution in [2.45, 2.75) is 31.7 Å². The first-order valence-corrected chi connectivity index (χ1v) is 11.4. The van der Waals surface area contributed by atoms with Crippen LogP contribution in [0, 0.1) is 5.92 Å². The van der Waals surface area contributed by atoms with Crippen molar-refractivity contribution < 1.29 is 4.79 Å². The number of anilines is 1. The van der Waals surface area contributed by atoms with Gasteiger partial charge in [-0.05, 0) is 49.4 Å². The number of piperazine rings is 1. The zero-order valence-electron chi connectivity index (χ0n) is 16.1. The highest BCUT2D eigenvalue weighted by atomic mass is 35.5. The molecule has 2 aromatic heterocycles. The fourth-order valence-electron chi connectivity index (χ4n) is 4.76. The quantitative estimate of drug-likeness (QED) is 0.567. The van der Waals surface area contributed by atoms with Gasteiger partial charge >= 0.3 is 0 Å². The van der Waals surface area contributed by atoms with E-state index in [0.29, 0.717) is 17.1 Å². The smallest absolute Gasteiger partial charge is 0.226 e. The van der Waals surface area contributed by atoms with Gasteiger partial charge in [-0.15, -0.1) is 11.3 Å². The van der Waals surface area contributed by atoms with Crippen LogP contribution in [0.1, 0.15) is 24.8 Å². The highest BCUT2D eigenvalue weighted by Gasteiger charge is 2.41. The zero-order valence-corrected chi connectivity index (χ0v) is 17.7. The minimum absolute atomic E-state index is 0.154. The Bertz CT molecular complexity index is 1040. The fourth-order valence-corrected chi connectivity index (χ4v) is 5.76. The van der Waals surface area contributed by atoms with Gasteiger partial charge in [0, 0.05) is 37.4 Å². The molecule has 1 amide bonds. The Morgan fingerprint density at radius 2 is 2.14 bits per heavy atom. The molecular formula is C22H23ClN4OS. The van der Waals surface area contributed by atoms with Crippen LogP contribution in [-0.2, 0) is 11.2 Å². The summed E-state index contributed by atoms with van der Waals surface area (Å²) >= 11 is 7.76. The Morgan fingerprint density at radius 1 is 1.21 bits per heavy atom. The summed E-state index contributed by atoms with van der Waals surface area (Å²) in [5.74, 6) is 0.500. The number of rotatable bonds is 5. The Labute approximate surface area is 179 Å². The van der Waals surface area contributed by atoms with E-state index >= 15 is 0 Å². The fraction of sp³-hybridized carbons (Fsp3) is 0.409. The number of fused-ring (bicyclic) bond motifs is 2. The molecule has 0 bridgehead atoms. The molecule has 29 heavy (non-hydrogen) atoms. The van der Waals surface area contributed by atoms with E-state index in [0.717, 1.165) is 56.5 Å². The maximum absolute atomic E-state index is 12.9. The molecule has 2 aliphatic heterocycles. The number of aryl methyl sites for hydroxylation is 1. The van der Waals surface area contributed by atoms with Crippen molar-refractivity contribution >= 4 is 44.7 Å². The van der Waals surface area contributed by atoms with Crippen LogP contribution >= 0.6 is 22.9 Å². The summed E-state index contributed by atoms with van der Waals surface area (Å²) < 4.78 is 1.29. The normalized spacial score (nSPS) is 21.8. The van der Waals surface area contributed by atoms with Crippen LogP contribution in [0.4, 0.5) is 5.69 Å². The molecule has 0 unspecified atom stereocenters. The number of benzene rings is 1. The summed E-state index contributed by atoms with van der Waals surface area (Å²) in [4.78, 5) is 25.8. The maximum Gasteiger partial charge on any atom is 0.226 e. The molecule has 2 atom stereocenters. The average Bonchev–Trinajstić information content (AvgIpc) is 3.33. The number of carbonyl (C=O) groups excluding carboxylic acids is 1. The summed E-state index contributed by atoms with van der Waals surface area (Å²) in [5, 5.41) is 0.515. The molecule has 0 spiro atoms. The van der Waals surface area contributed by atoms with Gasteiger partial charge in [-0.3, -0.25) is 4.79 Å². The lowest BCUT2D eigenvalue weighted by molar-refractivity contribution is -0.132. The first-order valence-electron chi connectivity index (χ1n) is 10.2. The van der Waals surface area contributed by atoms with E-state index in [9.17, 15) is 4.79 Å². The molecule has 0 aliphatic carbocycles. The van der Waals surface area contributed by atoms with E-state index in [4.69, 9.17) is 11.6 Å². The Balaban J connectivity index is 1.20. The molecule has 2 fully saturated rings. The monoisotopic (exact) mass is 426 g/mol. The van der Waals surface area contributed by atoms with E-state index in [1.807, 2.05) is 17.6 Å². The summed E-state index contributed by atoms with van der Waals surface area (Å²) in [5.41, 5.74) is 5.44. The highest BCUT2D eigenvalue weighted by Crippen LogP contribution is 2.33. The third-order valence-corrected chi connectivity index (χ3v) is 7.31. The molecule has 5 nitrogen and oxygen atoms in total. The average molecular weight is 427 g/mol. The van der Waals surface area contributed by atoms with Gasteiger partial charge in [0.05, 0.1) is 21.8 Å². The molecule has 3 aromatic rings. The highest BCUT2D eigenvalue weighted by molar-refractivity contribution is 7.16. The van der Waals surface area contributed by atoms with Gasteiger partial charge < -0.3 is 9.80 Å². The van der Waals surface area contributed by atoms with Crippen molar-refractivity contribution in [3.05, 3.63) is 52.8 Å². The van der Waals surface area contributed by atoms with Crippen molar-refractivity contribution in [1.29, 1.82) is 0 Å². The third kappa shape index (κ3) is 3.71. The van der Waals surface area contributed by atoms with Crippen LogP contribution in [0.5, 0.6) is 0 Å². The molecule has 0 N–H and O–H groups in total. The summed E-state index contributed by atoms with van der Waals surface area (Å²) in [6, 6.07) is 10.5. The molecule has 2 saturated heterocycles. The van der Waals surface area contributed by atoms with Crippen molar-refractivity contribution in [2.24, 2.45) is 5.92 Å². The minimum atomic E-state index is 0.154.